The summed E-state index contributed by atoms with van der Waals surface area (Å²) < 4.78 is 0. The van der Waals surface area contributed by atoms with Gasteiger partial charge in [0.25, 0.3) is 0 Å². The van der Waals surface area contributed by atoms with Gasteiger partial charge < -0.3 is 30.6 Å². The lowest BCUT2D eigenvalue weighted by Gasteiger charge is -2.24. The molecule has 0 aromatic heterocycles. The van der Waals surface area contributed by atoms with E-state index in [1.807, 2.05) is 0 Å². The van der Waals surface area contributed by atoms with E-state index in [1.165, 1.54) is 0 Å². The Morgan fingerprint density at radius 3 is 1.86 bits per heavy atom. The molecule has 0 fully saturated rings. The number of hydrogen-bond donors (Lipinski definition) is 6. The van der Waals surface area contributed by atoms with Crippen molar-refractivity contribution < 1.29 is 35.4 Å². The molecule has 0 saturated heterocycles. The fourth-order valence-corrected chi connectivity index (χ4v) is 0.806. The second-order valence-corrected chi connectivity index (χ2v) is 2.80. The highest BCUT2D eigenvalue weighted by molar-refractivity contribution is 5.84. The molecule has 84 valence electrons. The third kappa shape index (κ3) is 3.29. The third-order valence-corrected chi connectivity index (χ3v) is 1.74. The van der Waals surface area contributed by atoms with Gasteiger partial charge in [0.2, 0.25) is 0 Å². The third-order valence-electron chi connectivity index (χ3n) is 1.74. The topological polar surface area (TPSA) is 138 Å². The second kappa shape index (κ2) is 6.02. The highest BCUT2D eigenvalue weighted by Crippen LogP contribution is 2.05. The van der Waals surface area contributed by atoms with Crippen molar-refractivity contribution in [2.45, 2.75) is 24.4 Å². The van der Waals surface area contributed by atoms with E-state index in [2.05, 4.69) is 0 Å². The largest absolute Gasteiger partial charge is 0.394 e. The molecular formula is C7H14O7. The molecule has 0 aliphatic heterocycles. The quantitative estimate of drug-likeness (QED) is 0.262. The Morgan fingerprint density at radius 1 is 1.00 bits per heavy atom. The summed E-state index contributed by atoms with van der Waals surface area (Å²) in [5, 5.41) is 52.7. The lowest BCUT2D eigenvalue weighted by molar-refractivity contribution is -0.149. The molecule has 0 amide bonds. The maximum atomic E-state index is 10.7. The Morgan fingerprint density at radius 2 is 1.50 bits per heavy atom. The number of hydrogen-bond acceptors (Lipinski definition) is 7. The van der Waals surface area contributed by atoms with Crippen LogP contribution in [0.5, 0.6) is 0 Å². The van der Waals surface area contributed by atoms with Crippen LogP contribution in [-0.2, 0) is 4.79 Å². The molecule has 0 aliphatic rings. The van der Waals surface area contributed by atoms with Crippen LogP contribution in [0.4, 0.5) is 0 Å². The fourth-order valence-electron chi connectivity index (χ4n) is 0.806. The van der Waals surface area contributed by atoms with Crippen LogP contribution in [0.25, 0.3) is 0 Å². The SMILES string of the molecule is O=C(CO)[C@@H](O)[C@H](O)[C@@H](O)[C@@H](O)CO. The minimum Gasteiger partial charge on any atom is -0.394 e. The molecule has 0 spiro atoms. The van der Waals surface area contributed by atoms with Gasteiger partial charge in [0.1, 0.15) is 31.0 Å². The van der Waals surface area contributed by atoms with Crippen LogP contribution in [0.2, 0.25) is 0 Å². The van der Waals surface area contributed by atoms with E-state index in [-0.39, 0.29) is 0 Å². The van der Waals surface area contributed by atoms with E-state index in [4.69, 9.17) is 30.6 Å². The maximum absolute atomic E-state index is 10.7. The van der Waals surface area contributed by atoms with Crippen molar-refractivity contribution in [2.24, 2.45) is 0 Å². The smallest absolute Gasteiger partial charge is 0.189 e. The van der Waals surface area contributed by atoms with E-state index >= 15 is 0 Å². The summed E-state index contributed by atoms with van der Waals surface area (Å²) in [5.41, 5.74) is 0. The first kappa shape index (κ1) is 13.4. The molecule has 14 heavy (non-hydrogen) atoms. The fraction of sp³-hybridized carbons (Fsp3) is 0.857. The van der Waals surface area contributed by atoms with Gasteiger partial charge >= 0.3 is 0 Å². The van der Waals surface area contributed by atoms with Crippen molar-refractivity contribution in [3.63, 3.8) is 0 Å². The molecule has 0 rings (SSSR count). The average Bonchev–Trinajstić information content (AvgIpc) is 2.23. The Labute approximate surface area is 79.9 Å². The molecule has 4 atom stereocenters. The molecule has 0 radical (unpaired) electrons. The first-order valence-electron chi connectivity index (χ1n) is 3.92. The lowest BCUT2D eigenvalue weighted by Crippen LogP contribution is -2.49. The van der Waals surface area contributed by atoms with Gasteiger partial charge in [-0.2, -0.15) is 0 Å². The van der Waals surface area contributed by atoms with E-state index < -0.39 is 43.4 Å². The summed E-state index contributed by atoms with van der Waals surface area (Å²) in [7, 11) is 0. The van der Waals surface area contributed by atoms with Gasteiger partial charge in [0.15, 0.2) is 5.78 Å². The Hall–Kier alpha value is -0.570. The molecule has 6 N–H and O–H groups in total. The van der Waals surface area contributed by atoms with Crippen LogP contribution in [0, 0.1) is 0 Å². The number of rotatable bonds is 6. The molecule has 0 aromatic rings. The summed E-state index contributed by atoms with van der Waals surface area (Å²) in [6, 6.07) is 0. The number of carbonyl (C=O) groups is 1. The number of carbonyl (C=O) groups excluding carboxylic acids is 1. The van der Waals surface area contributed by atoms with Gasteiger partial charge in [-0.25, -0.2) is 0 Å². The lowest BCUT2D eigenvalue weighted by atomic mass is 10.0. The maximum Gasteiger partial charge on any atom is 0.189 e. The van der Waals surface area contributed by atoms with Crippen LogP contribution >= 0.6 is 0 Å². The molecular weight excluding hydrogens is 196 g/mol. The number of aliphatic hydroxyl groups is 6. The van der Waals surface area contributed by atoms with Gasteiger partial charge in [0, 0.05) is 0 Å². The van der Waals surface area contributed by atoms with E-state index in [0.717, 1.165) is 0 Å². The first-order valence-corrected chi connectivity index (χ1v) is 3.92. The number of aliphatic hydroxyl groups excluding tert-OH is 6. The Kier molecular flexibility index (Phi) is 5.77. The van der Waals surface area contributed by atoms with E-state index in [0.29, 0.717) is 0 Å². The summed E-state index contributed by atoms with van der Waals surface area (Å²) in [6.07, 6.45) is -7.45. The van der Waals surface area contributed by atoms with Crippen molar-refractivity contribution in [2.75, 3.05) is 13.2 Å². The van der Waals surface area contributed by atoms with E-state index in [9.17, 15) is 4.79 Å². The molecule has 0 aromatic carbocycles. The van der Waals surface area contributed by atoms with Crippen molar-refractivity contribution in [3.8, 4) is 0 Å². The zero-order chi connectivity index (χ0) is 11.3. The Balaban J connectivity index is 4.30. The molecule has 0 heterocycles. The van der Waals surface area contributed by atoms with Gasteiger partial charge in [-0.05, 0) is 0 Å². The van der Waals surface area contributed by atoms with Gasteiger partial charge in [-0.3, -0.25) is 4.79 Å². The summed E-state index contributed by atoms with van der Waals surface area (Å²) in [5.74, 6) is -1.08. The summed E-state index contributed by atoms with van der Waals surface area (Å²) in [4.78, 5) is 10.7. The minimum atomic E-state index is -1.99. The molecule has 0 saturated carbocycles. The molecule has 7 nitrogen and oxygen atoms in total. The predicted molar refractivity (Wildman–Crippen MR) is 43.2 cm³/mol. The number of Topliss-reactive ketones (excluding diaryl/α,β-unsaturated/α-hetero) is 1. The zero-order valence-corrected chi connectivity index (χ0v) is 7.32. The average molecular weight is 210 g/mol. The van der Waals surface area contributed by atoms with Gasteiger partial charge in [-0.1, -0.05) is 0 Å². The highest BCUT2D eigenvalue weighted by atomic mass is 16.4. The van der Waals surface area contributed by atoms with Crippen molar-refractivity contribution >= 4 is 5.78 Å². The zero-order valence-electron chi connectivity index (χ0n) is 7.32. The predicted octanol–water partition coefficient (Wildman–Crippen LogP) is -4.02. The van der Waals surface area contributed by atoms with Crippen molar-refractivity contribution in [3.05, 3.63) is 0 Å². The van der Waals surface area contributed by atoms with E-state index in [1.54, 1.807) is 0 Å². The summed E-state index contributed by atoms with van der Waals surface area (Å²) in [6.45, 7) is -1.81. The highest BCUT2D eigenvalue weighted by Gasteiger charge is 2.33. The number of ketones is 1. The van der Waals surface area contributed by atoms with Gasteiger partial charge in [0.05, 0.1) is 6.61 Å². The van der Waals surface area contributed by atoms with Gasteiger partial charge in [-0.15, -0.1) is 0 Å². The normalized spacial score (nSPS) is 19.9. The van der Waals surface area contributed by atoms with Crippen LogP contribution in [0.3, 0.4) is 0 Å². The van der Waals surface area contributed by atoms with Crippen LogP contribution in [0.1, 0.15) is 0 Å². The molecule has 0 aliphatic carbocycles. The monoisotopic (exact) mass is 210 g/mol. The first-order chi connectivity index (χ1) is 6.45. The molecule has 0 bridgehead atoms. The standard InChI is InChI=1S/C7H14O7/c8-1-3(10)5(12)7(14)6(13)4(11)2-9/h3,5-10,12-14H,1-2H2/t3-,5-,6+,7+/m0/s1. The van der Waals surface area contributed by atoms with Crippen molar-refractivity contribution in [1.29, 1.82) is 0 Å². The Bertz CT molecular complexity index is 183. The molecule has 0 unspecified atom stereocenters. The molecule has 7 heteroatoms. The minimum absolute atomic E-state index is 0.821. The van der Waals surface area contributed by atoms with Crippen molar-refractivity contribution in [1.82, 2.24) is 0 Å². The van der Waals surface area contributed by atoms with Crippen LogP contribution < -0.4 is 0 Å². The summed E-state index contributed by atoms with van der Waals surface area (Å²) >= 11 is 0. The second-order valence-electron chi connectivity index (χ2n) is 2.80. The van der Waals surface area contributed by atoms with Crippen LogP contribution in [0.15, 0.2) is 0 Å². The van der Waals surface area contributed by atoms with Crippen LogP contribution in [-0.4, -0.2) is 74.1 Å².